The van der Waals surface area contributed by atoms with Gasteiger partial charge in [0, 0.05) is 17.1 Å². The van der Waals surface area contributed by atoms with Gasteiger partial charge in [-0.15, -0.1) is 0 Å². The van der Waals surface area contributed by atoms with E-state index in [4.69, 9.17) is 0 Å². The summed E-state index contributed by atoms with van der Waals surface area (Å²) in [5.74, 6) is -1.01. The summed E-state index contributed by atoms with van der Waals surface area (Å²) in [4.78, 5) is 0. The third kappa shape index (κ3) is 3.33. The maximum Gasteiger partial charge on any atom is 0.159 e. The van der Waals surface area contributed by atoms with Gasteiger partial charge in [-0.3, -0.25) is 0 Å². The molecule has 0 radical (unpaired) electrons. The van der Waals surface area contributed by atoms with Crippen molar-refractivity contribution in [2.45, 2.75) is 31.3 Å². The summed E-state index contributed by atoms with van der Waals surface area (Å²) >= 11 is 3.58. The first kappa shape index (κ1) is 14.7. The van der Waals surface area contributed by atoms with Gasteiger partial charge in [0.2, 0.25) is 0 Å². The highest BCUT2D eigenvalue weighted by atomic mass is 79.9. The van der Waals surface area contributed by atoms with Gasteiger partial charge in [-0.05, 0) is 48.1 Å². The first-order chi connectivity index (χ1) is 10.1. The van der Waals surface area contributed by atoms with Gasteiger partial charge in [0.15, 0.2) is 11.6 Å². The van der Waals surface area contributed by atoms with Crippen LogP contribution in [0.4, 0.5) is 8.78 Å². The number of hydrogen-bond acceptors (Lipinski definition) is 1. The minimum atomic E-state index is -0.795. The monoisotopic (exact) mass is 351 g/mol. The summed E-state index contributed by atoms with van der Waals surface area (Å²) in [5.41, 5.74) is 2.13. The Balaban J connectivity index is 1.51. The molecule has 0 heterocycles. The summed E-state index contributed by atoms with van der Waals surface area (Å²) in [6, 6.07) is 12.8. The summed E-state index contributed by atoms with van der Waals surface area (Å²) in [6.45, 7) is 0.574. The van der Waals surface area contributed by atoms with Crippen molar-refractivity contribution in [3.63, 3.8) is 0 Å². The summed E-state index contributed by atoms with van der Waals surface area (Å²) in [7, 11) is 0. The fraction of sp³-hybridized carbons (Fsp3) is 0.294. The van der Waals surface area contributed by atoms with E-state index in [-0.39, 0.29) is 0 Å². The molecule has 1 fully saturated rings. The number of halogens is 3. The second-order valence-electron chi connectivity index (χ2n) is 5.52. The molecule has 2 aromatic carbocycles. The molecule has 110 valence electrons. The molecule has 0 aromatic heterocycles. The molecule has 1 nitrogen and oxygen atoms in total. The third-order valence-electron chi connectivity index (χ3n) is 4.06. The first-order valence-electron chi connectivity index (χ1n) is 7.05. The lowest BCUT2D eigenvalue weighted by Gasteiger charge is -2.37. The van der Waals surface area contributed by atoms with Crippen LogP contribution in [-0.2, 0) is 6.54 Å². The van der Waals surface area contributed by atoms with Crippen LogP contribution in [0.25, 0.3) is 0 Å². The van der Waals surface area contributed by atoms with Gasteiger partial charge in [-0.1, -0.05) is 40.2 Å². The predicted molar refractivity (Wildman–Crippen MR) is 83.1 cm³/mol. The van der Waals surface area contributed by atoms with E-state index >= 15 is 0 Å². The smallest absolute Gasteiger partial charge is 0.159 e. The molecule has 0 atom stereocenters. The molecule has 1 saturated carbocycles. The molecule has 1 N–H and O–H groups in total. The Hall–Kier alpha value is -1.26. The Morgan fingerprint density at radius 3 is 2.52 bits per heavy atom. The highest BCUT2D eigenvalue weighted by Crippen LogP contribution is 2.40. The molecule has 2 aromatic rings. The van der Waals surface area contributed by atoms with Crippen LogP contribution in [0, 0.1) is 11.6 Å². The lowest BCUT2D eigenvalue weighted by atomic mass is 9.76. The molecule has 0 aliphatic heterocycles. The normalized spacial score (nSPS) is 21.1. The van der Waals surface area contributed by atoms with Gasteiger partial charge >= 0.3 is 0 Å². The fourth-order valence-corrected chi connectivity index (χ4v) is 3.36. The van der Waals surface area contributed by atoms with Crippen molar-refractivity contribution >= 4 is 15.9 Å². The number of hydrogen-bond donors (Lipinski definition) is 1. The van der Waals surface area contributed by atoms with Crippen LogP contribution in [0.15, 0.2) is 46.9 Å². The zero-order valence-electron chi connectivity index (χ0n) is 11.5. The molecule has 1 aliphatic carbocycles. The van der Waals surface area contributed by atoms with Gasteiger partial charge in [-0.2, -0.15) is 0 Å². The second kappa shape index (κ2) is 6.24. The SMILES string of the molecule is Fc1ccc(CNC2CC(c3ccccc3Br)C2)cc1F. The van der Waals surface area contributed by atoms with E-state index in [2.05, 4.69) is 39.4 Å². The van der Waals surface area contributed by atoms with E-state index < -0.39 is 11.6 Å². The molecule has 0 amide bonds. The summed E-state index contributed by atoms with van der Waals surface area (Å²) in [6.07, 6.45) is 2.15. The zero-order valence-corrected chi connectivity index (χ0v) is 13.0. The van der Waals surface area contributed by atoms with Crippen LogP contribution in [0.2, 0.25) is 0 Å². The van der Waals surface area contributed by atoms with E-state index in [0.717, 1.165) is 22.9 Å². The van der Waals surface area contributed by atoms with E-state index in [0.29, 0.717) is 18.5 Å². The Labute approximate surface area is 131 Å². The van der Waals surface area contributed by atoms with Crippen molar-refractivity contribution in [1.82, 2.24) is 5.32 Å². The Kier molecular flexibility index (Phi) is 4.36. The van der Waals surface area contributed by atoms with Crippen LogP contribution in [0.1, 0.15) is 29.9 Å². The molecule has 0 unspecified atom stereocenters. The molecule has 1 aliphatic rings. The van der Waals surface area contributed by atoms with Crippen LogP contribution >= 0.6 is 15.9 Å². The highest BCUT2D eigenvalue weighted by molar-refractivity contribution is 9.10. The average Bonchev–Trinajstić information content (AvgIpc) is 2.43. The van der Waals surface area contributed by atoms with Gasteiger partial charge in [0.1, 0.15) is 0 Å². The molecule has 21 heavy (non-hydrogen) atoms. The summed E-state index contributed by atoms with van der Waals surface area (Å²) in [5, 5.41) is 3.40. The minimum absolute atomic E-state index is 0.440. The van der Waals surface area contributed by atoms with Gasteiger partial charge in [0.25, 0.3) is 0 Å². The van der Waals surface area contributed by atoms with Crippen molar-refractivity contribution in [3.8, 4) is 0 Å². The topological polar surface area (TPSA) is 12.0 Å². The van der Waals surface area contributed by atoms with Gasteiger partial charge in [-0.25, -0.2) is 8.78 Å². The zero-order chi connectivity index (χ0) is 14.8. The Morgan fingerprint density at radius 1 is 1.05 bits per heavy atom. The molecule has 0 spiro atoms. The summed E-state index contributed by atoms with van der Waals surface area (Å²) < 4.78 is 27.1. The van der Waals surface area contributed by atoms with E-state index in [9.17, 15) is 8.78 Å². The third-order valence-corrected chi connectivity index (χ3v) is 4.78. The van der Waals surface area contributed by atoms with E-state index in [1.54, 1.807) is 6.07 Å². The van der Waals surface area contributed by atoms with Gasteiger partial charge in [0.05, 0.1) is 0 Å². The van der Waals surface area contributed by atoms with E-state index in [1.807, 2.05) is 6.07 Å². The minimum Gasteiger partial charge on any atom is -0.310 e. The lowest BCUT2D eigenvalue weighted by molar-refractivity contribution is 0.288. The number of nitrogens with one attached hydrogen (secondary N) is 1. The molecule has 0 saturated heterocycles. The van der Waals surface area contributed by atoms with Crippen LogP contribution < -0.4 is 5.32 Å². The van der Waals surface area contributed by atoms with Crippen LogP contribution in [0.5, 0.6) is 0 Å². The number of rotatable bonds is 4. The molecule has 0 bridgehead atoms. The highest BCUT2D eigenvalue weighted by Gasteiger charge is 2.30. The van der Waals surface area contributed by atoms with Crippen molar-refractivity contribution in [1.29, 1.82) is 0 Å². The molecular weight excluding hydrogens is 336 g/mol. The quantitative estimate of drug-likeness (QED) is 0.836. The lowest BCUT2D eigenvalue weighted by Crippen LogP contribution is -2.39. The predicted octanol–water partition coefficient (Wildman–Crippen LogP) is 4.76. The average molecular weight is 352 g/mol. The van der Waals surface area contributed by atoms with Crippen molar-refractivity contribution in [3.05, 3.63) is 69.7 Å². The van der Waals surface area contributed by atoms with Gasteiger partial charge < -0.3 is 5.32 Å². The largest absolute Gasteiger partial charge is 0.310 e. The van der Waals surface area contributed by atoms with Crippen molar-refractivity contribution in [2.24, 2.45) is 0 Å². The molecule has 3 rings (SSSR count). The fourth-order valence-electron chi connectivity index (χ4n) is 2.76. The van der Waals surface area contributed by atoms with Crippen LogP contribution in [-0.4, -0.2) is 6.04 Å². The van der Waals surface area contributed by atoms with Crippen molar-refractivity contribution in [2.75, 3.05) is 0 Å². The maximum atomic E-state index is 13.1. The first-order valence-corrected chi connectivity index (χ1v) is 7.84. The number of benzene rings is 2. The standard InChI is InChI=1S/C17H16BrF2N/c18-15-4-2-1-3-14(15)12-8-13(9-12)21-10-11-5-6-16(19)17(20)7-11/h1-7,12-13,21H,8-10H2. The second-order valence-corrected chi connectivity index (χ2v) is 6.37. The Morgan fingerprint density at radius 2 is 1.81 bits per heavy atom. The molecule has 4 heteroatoms. The van der Waals surface area contributed by atoms with Crippen LogP contribution in [0.3, 0.4) is 0 Å². The molecular formula is C17H16BrF2N. The Bertz CT molecular complexity index is 638. The van der Waals surface area contributed by atoms with Crippen molar-refractivity contribution < 1.29 is 8.78 Å². The van der Waals surface area contributed by atoms with E-state index in [1.165, 1.54) is 17.7 Å². The maximum absolute atomic E-state index is 13.1.